The molecule has 0 aromatic heterocycles. The van der Waals surface area contributed by atoms with Gasteiger partial charge in [0, 0.05) is 11.5 Å². The summed E-state index contributed by atoms with van der Waals surface area (Å²) >= 11 is 0. The third-order valence-corrected chi connectivity index (χ3v) is 3.35. The van der Waals surface area contributed by atoms with Crippen LogP contribution >= 0.6 is 0 Å². The van der Waals surface area contributed by atoms with E-state index in [-0.39, 0.29) is 17.4 Å². The van der Waals surface area contributed by atoms with Crippen LogP contribution in [0.2, 0.25) is 0 Å². The average Bonchev–Trinajstić information content (AvgIpc) is 2.05. The second-order valence-electron chi connectivity index (χ2n) is 6.26. The first-order chi connectivity index (χ1) is 7.42. The fourth-order valence-electron chi connectivity index (χ4n) is 2.31. The quantitative estimate of drug-likeness (QED) is 0.762. The van der Waals surface area contributed by atoms with Crippen molar-refractivity contribution in [2.45, 2.75) is 71.8 Å². The normalized spacial score (nSPS) is 19.0. The minimum Gasteiger partial charge on any atom is -0.351 e. The summed E-state index contributed by atoms with van der Waals surface area (Å²) in [6.45, 7) is 8.32. The molecule has 1 fully saturated rings. The molecule has 2 nitrogen and oxygen atoms in total. The van der Waals surface area contributed by atoms with Gasteiger partial charge in [-0.05, 0) is 39.5 Å². The van der Waals surface area contributed by atoms with E-state index in [1.165, 1.54) is 19.3 Å². The summed E-state index contributed by atoms with van der Waals surface area (Å²) in [5, 5.41) is 3.12. The summed E-state index contributed by atoms with van der Waals surface area (Å²) < 4.78 is 0. The second-order valence-corrected chi connectivity index (χ2v) is 6.26. The van der Waals surface area contributed by atoms with Crippen LogP contribution in [0, 0.1) is 11.8 Å². The van der Waals surface area contributed by atoms with Crippen LogP contribution in [0.15, 0.2) is 0 Å². The summed E-state index contributed by atoms with van der Waals surface area (Å²) in [5.41, 5.74) is -0.0946. The topological polar surface area (TPSA) is 29.1 Å². The van der Waals surface area contributed by atoms with Crippen LogP contribution in [-0.4, -0.2) is 11.4 Å². The van der Waals surface area contributed by atoms with Gasteiger partial charge in [0.1, 0.15) is 0 Å². The van der Waals surface area contributed by atoms with Crippen LogP contribution in [0.4, 0.5) is 0 Å². The molecule has 0 spiro atoms. The maximum absolute atomic E-state index is 12.1. The molecule has 94 valence electrons. The molecule has 1 aliphatic rings. The highest BCUT2D eigenvalue weighted by Gasteiger charge is 2.27. The van der Waals surface area contributed by atoms with E-state index in [0.29, 0.717) is 0 Å². The number of hydrogen-bond acceptors (Lipinski definition) is 1. The van der Waals surface area contributed by atoms with E-state index >= 15 is 0 Å². The van der Waals surface area contributed by atoms with Crippen LogP contribution in [-0.2, 0) is 4.79 Å². The van der Waals surface area contributed by atoms with E-state index in [1.807, 2.05) is 0 Å². The number of carbonyl (C=O) groups excluding carboxylic acids is 1. The molecule has 1 saturated carbocycles. The Kier molecular flexibility index (Phi) is 4.82. The van der Waals surface area contributed by atoms with Crippen molar-refractivity contribution in [1.29, 1.82) is 0 Å². The zero-order valence-electron chi connectivity index (χ0n) is 11.3. The van der Waals surface area contributed by atoms with Crippen LogP contribution in [0.25, 0.3) is 0 Å². The lowest BCUT2D eigenvalue weighted by molar-refractivity contribution is -0.127. The van der Waals surface area contributed by atoms with Crippen LogP contribution in [0.3, 0.4) is 0 Å². The maximum Gasteiger partial charge on any atom is 0.223 e. The van der Waals surface area contributed by atoms with Crippen molar-refractivity contribution in [3.63, 3.8) is 0 Å². The van der Waals surface area contributed by atoms with Crippen molar-refractivity contribution in [3.8, 4) is 0 Å². The molecular weight excluding hydrogens is 198 g/mol. The van der Waals surface area contributed by atoms with Crippen molar-refractivity contribution >= 4 is 5.91 Å². The number of rotatable bonds is 5. The summed E-state index contributed by atoms with van der Waals surface area (Å²) in [6.07, 6.45) is 7.29. The summed E-state index contributed by atoms with van der Waals surface area (Å²) in [7, 11) is 0. The Labute approximate surface area is 100 Å². The van der Waals surface area contributed by atoms with Gasteiger partial charge in [0.25, 0.3) is 0 Å². The Hall–Kier alpha value is -0.530. The number of carbonyl (C=O) groups is 1. The lowest BCUT2D eigenvalue weighted by Gasteiger charge is -2.31. The number of hydrogen-bond donors (Lipinski definition) is 1. The standard InChI is InChI=1S/C14H27NO/c1-5-7-12(10-11-8-6-9-11)13(16)15-14(2,3)4/h11-12H,5-10H2,1-4H3,(H,15,16). The molecule has 2 heteroatoms. The average molecular weight is 225 g/mol. The molecular formula is C14H27NO. The first kappa shape index (κ1) is 13.5. The lowest BCUT2D eigenvalue weighted by Crippen LogP contribution is -2.44. The highest BCUT2D eigenvalue weighted by molar-refractivity contribution is 5.79. The molecule has 1 atom stereocenters. The Morgan fingerprint density at radius 2 is 2.00 bits per heavy atom. The van der Waals surface area contributed by atoms with Gasteiger partial charge in [-0.2, -0.15) is 0 Å². The van der Waals surface area contributed by atoms with Gasteiger partial charge in [0.05, 0.1) is 0 Å². The fraction of sp³-hybridized carbons (Fsp3) is 0.929. The predicted molar refractivity (Wildman–Crippen MR) is 68.3 cm³/mol. The van der Waals surface area contributed by atoms with Crippen LogP contribution in [0.1, 0.15) is 66.2 Å². The second kappa shape index (κ2) is 5.70. The Balaban J connectivity index is 2.43. The van der Waals surface area contributed by atoms with Crippen molar-refractivity contribution in [2.75, 3.05) is 0 Å². The Bertz CT molecular complexity index is 225. The van der Waals surface area contributed by atoms with E-state index in [4.69, 9.17) is 0 Å². The van der Waals surface area contributed by atoms with Gasteiger partial charge in [-0.1, -0.05) is 32.6 Å². The molecule has 16 heavy (non-hydrogen) atoms. The lowest BCUT2D eigenvalue weighted by atomic mass is 9.77. The molecule has 1 rings (SSSR count). The zero-order valence-corrected chi connectivity index (χ0v) is 11.3. The largest absolute Gasteiger partial charge is 0.351 e. The third-order valence-electron chi connectivity index (χ3n) is 3.35. The molecule has 0 aromatic carbocycles. The van der Waals surface area contributed by atoms with Gasteiger partial charge in [-0.25, -0.2) is 0 Å². The van der Waals surface area contributed by atoms with Gasteiger partial charge in [0.15, 0.2) is 0 Å². The molecule has 0 aliphatic heterocycles. The van der Waals surface area contributed by atoms with Crippen molar-refractivity contribution in [2.24, 2.45) is 11.8 Å². The molecule has 0 heterocycles. The van der Waals surface area contributed by atoms with Crippen molar-refractivity contribution in [3.05, 3.63) is 0 Å². The smallest absolute Gasteiger partial charge is 0.223 e. The van der Waals surface area contributed by atoms with E-state index < -0.39 is 0 Å². The molecule has 0 radical (unpaired) electrons. The summed E-state index contributed by atoms with van der Waals surface area (Å²) in [5.74, 6) is 1.33. The van der Waals surface area contributed by atoms with E-state index in [9.17, 15) is 4.79 Å². The van der Waals surface area contributed by atoms with E-state index in [1.54, 1.807) is 0 Å². The highest BCUT2D eigenvalue weighted by atomic mass is 16.2. The highest BCUT2D eigenvalue weighted by Crippen LogP contribution is 2.33. The zero-order chi connectivity index (χ0) is 12.2. The first-order valence-corrected chi connectivity index (χ1v) is 6.74. The predicted octanol–water partition coefficient (Wildman–Crippen LogP) is 3.51. The van der Waals surface area contributed by atoms with Crippen molar-refractivity contribution < 1.29 is 4.79 Å². The van der Waals surface area contributed by atoms with Gasteiger partial charge in [-0.15, -0.1) is 0 Å². The van der Waals surface area contributed by atoms with Crippen LogP contribution in [0.5, 0.6) is 0 Å². The first-order valence-electron chi connectivity index (χ1n) is 6.74. The van der Waals surface area contributed by atoms with Gasteiger partial charge in [-0.3, -0.25) is 4.79 Å². The van der Waals surface area contributed by atoms with Gasteiger partial charge < -0.3 is 5.32 Å². The number of nitrogens with one attached hydrogen (secondary N) is 1. The van der Waals surface area contributed by atoms with E-state index in [2.05, 4.69) is 33.0 Å². The molecule has 0 bridgehead atoms. The monoisotopic (exact) mass is 225 g/mol. The van der Waals surface area contributed by atoms with Gasteiger partial charge >= 0.3 is 0 Å². The Morgan fingerprint density at radius 1 is 1.38 bits per heavy atom. The molecule has 1 unspecified atom stereocenters. The summed E-state index contributed by atoms with van der Waals surface area (Å²) in [4.78, 5) is 12.1. The minimum atomic E-state index is -0.0946. The maximum atomic E-state index is 12.1. The minimum absolute atomic E-state index is 0.0946. The molecule has 0 aromatic rings. The molecule has 1 aliphatic carbocycles. The molecule has 1 amide bonds. The molecule has 0 saturated heterocycles. The fourth-order valence-corrected chi connectivity index (χ4v) is 2.31. The molecule has 1 N–H and O–H groups in total. The van der Waals surface area contributed by atoms with Crippen molar-refractivity contribution in [1.82, 2.24) is 5.32 Å². The Morgan fingerprint density at radius 3 is 2.38 bits per heavy atom. The number of amides is 1. The van der Waals surface area contributed by atoms with E-state index in [0.717, 1.165) is 25.2 Å². The SMILES string of the molecule is CCCC(CC1CCC1)C(=O)NC(C)(C)C. The van der Waals surface area contributed by atoms with Crippen LogP contribution < -0.4 is 5.32 Å². The third kappa shape index (κ3) is 4.54. The van der Waals surface area contributed by atoms with Gasteiger partial charge in [0.2, 0.25) is 5.91 Å². The summed E-state index contributed by atoms with van der Waals surface area (Å²) in [6, 6.07) is 0.